The van der Waals surface area contributed by atoms with Crippen LogP contribution in [0.5, 0.6) is 11.5 Å². The first-order chi connectivity index (χ1) is 16.0. The van der Waals surface area contributed by atoms with Gasteiger partial charge in [-0.3, -0.25) is 4.79 Å². The molecule has 5 heteroatoms. The van der Waals surface area contributed by atoms with E-state index in [0.717, 1.165) is 53.9 Å². The molecule has 2 saturated carbocycles. The molecule has 1 aliphatic heterocycles. The van der Waals surface area contributed by atoms with Gasteiger partial charge in [0.2, 0.25) is 0 Å². The molecule has 5 rings (SSSR count). The highest BCUT2D eigenvalue weighted by molar-refractivity contribution is 6.06. The number of ether oxygens (including phenoxy) is 3. The number of carbonyl (C=O) groups is 1. The van der Waals surface area contributed by atoms with Crippen LogP contribution in [-0.2, 0) is 9.53 Å². The van der Waals surface area contributed by atoms with Gasteiger partial charge >= 0.3 is 0 Å². The van der Waals surface area contributed by atoms with E-state index in [1.54, 1.807) is 14.2 Å². The molecule has 0 unspecified atom stereocenters. The van der Waals surface area contributed by atoms with Gasteiger partial charge in [0.05, 0.1) is 25.7 Å². The number of benzene rings is 2. The van der Waals surface area contributed by atoms with Gasteiger partial charge in [0.15, 0.2) is 11.6 Å². The Morgan fingerprint density at radius 1 is 0.970 bits per heavy atom. The van der Waals surface area contributed by atoms with E-state index in [4.69, 9.17) is 14.2 Å². The van der Waals surface area contributed by atoms with E-state index in [-0.39, 0.29) is 11.7 Å². The van der Waals surface area contributed by atoms with Gasteiger partial charge in [-0.25, -0.2) is 0 Å². The largest absolute Gasteiger partial charge is 0.497 e. The Balaban J connectivity index is 1.52. The van der Waals surface area contributed by atoms with Gasteiger partial charge in [0.25, 0.3) is 0 Å². The summed E-state index contributed by atoms with van der Waals surface area (Å²) in [6.07, 6.45) is 7.19. The Morgan fingerprint density at radius 2 is 1.64 bits per heavy atom. The second kappa shape index (κ2) is 8.62. The van der Waals surface area contributed by atoms with Crippen molar-refractivity contribution < 1.29 is 24.1 Å². The first-order valence-electron chi connectivity index (χ1n) is 11.9. The minimum absolute atomic E-state index is 0.00923. The third-order valence-electron chi connectivity index (χ3n) is 7.87. The number of hydrogen-bond acceptors (Lipinski definition) is 5. The van der Waals surface area contributed by atoms with Crippen LogP contribution in [-0.4, -0.2) is 30.9 Å². The number of carbonyl (C=O) groups excluding carboxylic acids is 1. The Labute approximate surface area is 195 Å². The molecule has 3 aliphatic rings. The molecule has 1 heterocycles. The van der Waals surface area contributed by atoms with Gasteiger partial charge in [-0.15, -0.1) is 0 Å². The lowest BCUT2D eigenvalue weighted by molar-refractivity contribution is -0.323. The van der Waals surface area contributed by atoms with Crippen LogP contribution in [0.15, 0.2) is 54.1 Å². The summed E-state index contributed by atoms with van der Waals surface area (Å²) in [5, 5.41) is 11.4. The third kappa shape index (κ3) is 3.87. The molecule has 1 N–H and O–H groups in total. The number of hydrogen-bond donors (Lipinski definition) is 1. The Hall–Kier alpha value is -2.63. The fourth-order valence-corrected chi connectivity index (χ4v) is 6.03. The van der Waals surface area contributed by atoms with Crippen LogP contribution in [0.25, 0.3) is 6.08 Å². The molecule has 0 amide bonds. The maximum absolute atomic E-state index is 14.0. The van der Waals surface area contributed by atoms with Crippen molar-refractivity contribution in [1.82, 2.24) is 0 Å². The van der Waals surface area contributed by atoms with Gasteiger partial charge in [-0.1, -0.05) is 30.7 Å². The zero-order valence-corrected chi connectivity index (χ0v) is 19.4. The zero-order chi connectivity index (χ0) is 23.1. The quantitative estimate of drug-likeness (QED) is 0.628. The molecule has 0 aromatic heterocycles. The molecule has 3 fully saturated rings. The van der Waals surface area contributed by atoms with E-state index in [9.17, 15) is 9.90 Å². The summed E-state index contributed by atoms with van der Waals surface area (Å²) in [5.41, 5.74) is 2.10. The highest BCUT2D eigenvalue weighted by atomic mass is 16.6. The minimum Gasteiger partial charge on any atom is -0.497 e. The van der Waals surface area contributed by atoms with Crippen molar-refractivity contribution in [2.45, 2.75) is 56.8 Å². The summed E-state index contributed by atoms with van der Waals surface area (Å²) in [7, 11) is 3.28. The lowest BCUT2D eigenvalue weighted by atomic mass is 9.63. The van der Waals surface area contributed by atoms with Crippen LogP contribution in [0.4, 0.5) is 0 Å². The highest BCUT2D eigenvalue weighted by Crippen LogP contribution is 2.61. The fourth-order valence-electron chi connectivity index (χ4n) is 6.03. The van der Waals surface area contributed by atoms with Crippen LogP contribution in [0.3, 0.4) is 0 Å². The van der Waals surface area contributed by atoms with Gasteiger partial charge in [-0.2, -0.15) is 0 Å². The average molecular weight is 449 g/mol. The SMILES string of the molecule is COc1ccc(C=C2CC[C@]3(C[C@@H]4CCCC[C@@]4(O)O[C@@H]3c3ccc(OC)cc3)C2=O)cc1. The van der Waals surface area contributed by atoms with E-state index in [1.807, 2.05) is 54.6 Å². The summed E-state index contributed by atoms with van der Waals surface area (Å²) in [6.45, 7) is 0. The van der Waals surface area contributed by atoms with Crippen molar-refractivity contribution in [3.05, 3.63) is 65.2 Å². The first kappa shape index (κ1) is 22.2. The molecular formula is C28H32O5. The van der Waals surface area contributed by atoms with Crippen molar-refractivity contribution in [3.63, 3.8) is 0 Å². The standard InChI is InChI=1S/C28H32O5/c1-31-23-10-6-19(7-11-23)17-21-14-16-27(25(21)29)18-22-5-3-4-15-28(22,30)33-26(27)20-8-12-24(32-2)13-9-20/h6-13,17,22,26,30H,3-5,14-16,18H2,1-2H3/t22-,26+,27-,28+/m0/s1. The topological polar surface area (TPSA) is 65.0 Å². The minimum atomic E-state index is -1.16. The predicted octanol–water partition coefficient (Wildman–Crippen LogP) is 5.48. The van der Waals surface area contributed by atoms with Crippen molar-refractivity contribution >= 4 is 11.9 Å². The summed E-state index contributed by atoms with van der Waals surface area (Å²) in [5.74, 6) is 0.548. The van der Waals surface area contributed by atoms with Crippen molar-refractivity contribution in [2.75, 3.05) is 14.2 Å². The number of methoxy groups -OCH3 is 2. The highest BCUT2D eigenvalue weighted by Gasteiger charge is 2.61. The summed E-state index contributed by atoms with van der Waals surface area (Å²) in [6, 6.07) is 15.5. The number of allylic oxidation sites excluding steroid dienone is 1. The molecule has 33 heavy (non-hydrogen) atoms. The van der Waals surface area contributed by atoms with Crippen LogP contribution in [0, 0.1) is 11.3 Å². The summed E-state index contributed by atoms with van der Waals surface area (Å²) >= 11 is 0. The molecule has 2 aliphatic carbocycles. The molecule has 0 bridgehead atoms. The van der Waals surface area contributed by atoms with Crippen LogP contribution in [0.2, 0.25) is 0 Å². The van der Waals surface area contributed by atoms with E-state index in [2.05, 4.69) is 0 Å². The maximum atomic E-state index is 14.0. The Morgan fingerprint density at radius 3 is 2.30 bits per heavy atom. The molecule has 2 aromatic carbocycles. The molecular weight excluding hydrogens is 416 g/mol. The summed E-state index contributed by atoms with van der Waals surface area (Å²) < 4.78 is 17.1. The normalized spacial score (nSPS) is 32.7. The van der Waals surface area contributed by atoms with E-state index < -0.39 is 17.3 Å². The lowest BCUT2D eigenvalue weighted by Crippen LogP contribution is -2.55. The van der Waals surface area contributed by atoms with Crippen LogP contribution < -0.4 is 9.47 Å². The van der Waals surface area contributed by atoms with E-state index in [0.29, 0.717) is 19.3 Å². The third-order valence-corrected chi connectivity index (χ3v) is 7.87. The van der Waals surface area contributed by atoms with Crippen molar-refractivity contribution in [1.29, 1.82) is 0 Å². The van der Waals surface area contributed by atoms with Gasteiger partial charge in [0, 0.05) is 12.3 Å². The van der Waals surface area contributed by atoms with E-state index in [1.165, 1.54) is 0 Å². The lowest BCUT2D eigenvalue weighted by Gasteiger charge is -2.53. The average Bonchev–Trinajstić information content (AvgIpc) is 3.15. The fraction of sp³-hybridized carbons (Fsp3) is 0.464. The predicted molar refractivity (Wildman–Crippen MR) is 126 cm³/mol. The number of fused-ring (bicyclic) bond motifs is 1. The van der Waals surface area contributed by atoms with Crippen molar-refractivity contribution in [3.8, 4) is 11.5 Å². The monoisotopic (exact) mass is 448 g/mol. The van der Waals surface area contributed by atoms with Crippen LogP contribution in [0.1, 0.15) is 62.2 Å². The summed E-state index contributed by atoms with van der Waals surface area (Å²) in [4.78, 5) is 14.0. The molecule has 1 saturated heterocycles. The zero-order valence-electron chi connectivity index (χ0n) is 19.4. The molecule has 174 valence electrons. The maximum Gasteiger partial charge on any atom is 0.169 e. The molecule has 5 nitrogen and oxygen atoms in total. The Bertz CT molecular complexity index is 1040. The van der Waals surface area contributed by atoms with Crippen molar-refractivity contribution in [2.24, 2.45) is 11.3 Å². The molecule has 2 aromatic rings. The van der Waals surface area contributed by atoms with Gasteiger partial charge < -0.3 is 19.3 Å². The smallest absolute Gasteiger partial charge is 0.169 e. The Kier molecular flexibility index (Phi) is 5.79. The number of aliphatic hydroxyl groups is 1. The number of rotatable bonds is 4. The first-order valence-corrected chi connectivity index (χ1v) is 11.9. The number of Topliss-reactive ketones (excluding diaryl/α,β-unsaturated/α-hetero) is 1. The molecule has 4 atom stereocenters. The molecule has 0 radical (unpaired) electrons. The second-order valence-corrected chi connectivity index (χ2v) is 9.69. The van der Waals surface area contributed by atoms with Crippen LogP contribution >= 0.6 is 0 Å². The number of ketones is 1. The van der Waals surface area contributed by atoms with Gasteiger partial charge in [-0.05, 0) is 79.1 Å². The second-order valence-electron chi connectivity index (χ2n) is 9.69. The van der Waals surface area contributed by atoms with E-state index >= 15 is 0 Å². The van der Waals surface area contributed by atoms with Gasteiger partial charge in [0.1, 0.15) is 11.5 Å². The molecule has 1 spiro atoms.